The summed E-state index contributed by atoms with van der Waals surface area (Å²) >= 11 is 0. The lowest BCUT2D eigenvalue weighted by Gasteiger charge is -2.38. The lowest BCUT2D eigenvalue weighted by Crippen LogP contribution is -2.42. The Morgan fingerprint density at radius 1 is 1.22 bits per heavy atom. The first-order valence-corrected chi connectivity index (χ1v) is 11.5. The molecule has 1 aromatic heterocycles. The minimum atomic E-state index is -0.684. The van der Waals surface area contributed by atoms with Crippen LogP contribution in [0.3, 0.4) is 0 Å². The second-order valence-electron chi connectivity index (χ2n) is 8.40. The third kappa shape index (κ3) is 4.59. The van der Waals surface area contributed by atoms with E-state index in [-0.39, 0.29) is 29.6 Å². The molecular weight excluding hydrogens is 410 g/mol. The molecule has 0 spiro atoms. The van der Waals surface area contributed by atoms with E-state index in [2.05, 4.69) is 0 Å². The number of carbonyl (C=O) groups is 1. The van der Waals surface area contributed by atoms with Crippen LogP contribution in [0.25, 0.3) is 11.0 Å². The van der Waals surface area contributed by atoms with Crippen LogP contribution in [0, 0.1) is 5.92 Å². The lowest BCUT2D eigenvalue weighted by molar-refractivity contribution is -0.170. The molecule has 0 unspecified atom stereocenters. The molecule has 32 heavy (non-hydrogen) atoms. The van der Waals surface area contributed by atoms with E-state index >= 15 is 0 Å². The highest BCUT2D eigenvalue weighted by atomic mass is 16.7. The van der Waals surface area contributed by atoms with Gasteiger partial charge in [-0.3, -0.25) is 9.59 Å². The number of benzene rings is 1. The maximum Gasteiger partial charge on any atom is 0.288 e. The summed E-state index contributed by atoms with van der Waals surface area (Å²) < 4.78 is 17.7. The van der Waals surface area contributed by atoms with E-state index < -0.39 is 12.2 Å². The zero-order chi connectivity index (χ0) is 22.5. The van der Waals surface area contributed by atoms with Crippen LogP contribution >= 0.6 is 0 Å². The fourth-order valence-electron chi connectivity index (χ4n) is 4.69. The summed E-state index contributed by atoms with van der Waals surface area (Å²) in [5.74, 6) is -0.589. The van der Waals surface area contributed by atoms with Gasteiger partial charge in [0.25, 0.3) is 5.91 Å². The van der Waals surface area contributed by atoms with Crippen LogP contribution in [-0.4, -0.2) is 48.5 Å². The Kier molecular flexibility index (Phi) is 7.27. The van der Waals surface area contributed by atoms with E-state index in [1.807, 2.05) is 17.9 Å². The molecule has 7 heteroatoms. The monoisotopic (exact) mass is 441 g/mol. The molecule has 1 amide bonds. The van der Waals surface area contributed by atoms with Gasteiger partial charge in [-0.1, -0.05) is 12.1 Å². The van der Waals surface area contributed by atoms with Crippen molar-refractivity contribution < 1.29 is 23.8 Å². The van der Waals surface area contributed by atoms with Crippen molar-refractivity contribution in [2.45, 2.75) is 51.2 Å². The number of aliphatic hydroxyl groups is 1. The van der Waals surface area contributed by atoms with Crippen molar-refractivity contribution >= 4 is 16.9 Å². The second-order valence-corrected chi connectivity index (χ2v) is 8.40. The highest BCUT2D eigenvalue weighted by Gasteiger charge is 2.40. The lowest BCUT2D eigenvalue weighted by atomic mass is 9.80. The average molecular weight is 442 g/mol. The van der Waals surface area contributed by atoms with Gasteiger partial charge in [-0.2, -0.15) is 0 Å². The molecule has 2 aliphatic heterocycles. The molecule has 1 saturated heterocycles. The molecule has 0 radical (unpaired) electrons. The molecule has 0 aliphatic carbocycles. The van der Waals surface area contributed by atoms with Crippen LogP contribution in [0.1, 0.15) is 50.5 Å². The predicted molar refractivity (Wildman–Crippen MR) is 120 cm³/mol. The maximum atomic E-state index is 13.4. The number of amides is 1. The summed E-state index contributed by atoms with van der Waals surface area (Å²) in [6.07, 6.45) is 6.77. The number of aliphatic hydroxyl groups excluding tert-OH is 1. The molecule has 1 aromatic carbocycles. The van der Waals surface area contributed by atoms with Gasteiger partial charge in [-0.25, -0.2) is 0 Å². The van der Waals surface area contributed by atoms with E-state index in [0.29, 0.717) is 49.1 Å². The molecule has 1 fully saturated rings. The van der Waals surface area contributed by atoms with Crippen LogP contribution in [0.5, 0.6) is 0 Å². The summed E-state index contributed by atoms with van der Waals surface area (Å²) in [6, 6.07) is 7.14. The van der Waals surface area contributed by atoms with Gasteiger partial charge < -0.3 is 23.9 Å². The summed E-state index contributed by atoms with van der Waals surface area (Å²) in [5.41, 5.74) is 0.878. The van der Waals surface area contributed by atoms with Gasteiger partial charge in [0, 0.05) is 43.7 Å². The van der Waals surface area contributed by atoms with E-state index in [1.165, 1.54) is 6.26 Å². The van der Waals surface area contributed by atoms with Gasteiger partial charge in [0.15, 0.2) is 11.2 Å². The number of likely N-dealkylation sites (tertiary alicyclic amines) is 1. The third-order valence-electron chi connectivity index (χ3n) is 6.33. The fraction of sp³-hybridized carbons (Fsp3) is 0.520. The Morgan fingerprint density at radius 3 is 2.75 bits per heavy atom. The van der Waals surface area contributed by atoms with Crippen LogP contribution in [0.15, 0.2) is 51.6 Å². The van der Waals surface area contributed by atoms with Crippen molar-refractivity contribution in [2.24, 2.45) is 5.92 Å². The Labute approximate surface area is 187 Å². The number of carbonyl (C=O) groups excluding carboxylic acids is 1. The fourth-order valence-corrected chi connectivity index (χ4v) is 4.69. The minimum absolute atomic E-state index is 0.0255. The Balaban J connectivity index is 1.77. The molecule has 4 rings (SSSR count). The number of rotatable bonds is 7. The van der Waals surface area contributed by atoms with Gasteiger partial charge in [-0.15, -0.1) is 0 Å². The van der Waals surface area contributed by atoms with Gasteiger partial charge in [0.1, 0.15) is 5.58 Å². The first kappa shape index (κ1) is 22.6. The van der Waals surface area contributed by atoms with Gasteiger partial charge in [0.05, 0.1) is 11.6 Å². The van der Waals surface area contributed by atoms with E-state index in [0.717, 1.165) is 19.3 Å². The standard InChI is InChI=1S/C25H31NO6/c1-2-30-25-17(10-8-14-27)19(15-22(32-25)24(29)26-12-6-3-7-13-26)20-16-31-21-11-5-4-9-18(21)23(20)28/h4-5,9,11,15-17,19,25,27H,2-3,6-8,10,12-14H2,1H3/t17-,19+,25-/m0/s1. The van der Waals surface area contributed by atoms with Crippen molar-refractivity contribution in [1.82, 2.24) is 4.90 Å². The number of hydrogen-bond donors (Lipinski definition) is 1. The SMILES string of the molecule is CCO[C@H]1OC(C(=O)N2CCCCC2)=C[C@@H](c2coc3ccccc3c2=O)[C@@H]1CCCO. The van der Waals surface area contributed by atoms with Crippen LogP contribution in [0.2, 0.25) is 0 Å². The van der Waals surface area contributed by atoms with Crippen LogP contribution in [0.4, 0.5) is 0 Å². The number of fused-ring (bicyclic) bond motifs is 1. The molecule has 0 bridgehead atoms. The van der Waals surface area contributed by atoms with Crippen molar-refractivity contribution in [3.8, 4) is 0 Å². The minimum Gasteiger partial charge on any atom is -0.464 e. The van der Waals surface area contributed by atoms with Crippen molar-refractivity contribution in [2.75, 3.05) is 26.3 Å². The molecule has 3 atom stereocenters. The topological polar surface area (TPSA) is 89.2 Å². The van der Waals surface area contributed by atoms with Gasteiger partial charge >= 0.3 is 0 Å². The smallest absolute Gasteiger partial charge is 0.288 e. The summed E-state index contributed by atoms with van der Waals surface area (Å²) in [5, 5.41) is 9.94. The highest BCUT2D eigenvalue weighted by Crippen LogP contribution is 2.39. The molecule has 3 heterocycles. The maximum absolute atomic E-state index is 13.4. The Bertz CT molecular complexity index is 1020. The first-order valence-electron chi connectivity index (χ1n) is 11.5. The van der Waals surface area contributed by atoms with Crippen molar-refractivity contribution in [1.29, 1.82) is 0 Å². The molecule has 0 saturated carbocycles. The molecular formula is C25H31NO6. The summed E-state index contributed by atoms with van der Waals surface area (Å²) in [4.78, 5) is 28.4. The number of allylic oxidation sites excluding steroid dienone is 1. The summed E-state index contributed by atoms with van der Waals surface area (Å²) in [6.45, 7) is 3.71. The number of ether oxygens (including phenoxy) is 2. The Hall–Kier alpha value is -2.64. The van der Waals surface area contributed by atoms with Crippen molar-refractivity contribution in [3.63, 3.8) is 0 Å². The van der Waals surface area contributed by atoms with Crippen LogP contribution < -0.4 is 5.43 Å². The molecule has 7 nitrogen and oxygen atoms in total. The highest BCUT2D eigenvalue weighted by molar-refractivity contribution is 5.92. The molecule has 2 aromatic rings. The average Bonchev–Trinajstić information content (AvgIpc) is 2.83. The normalized spacial score (nSPS) is 23.6. The number of nitrogens with zero attached hydrogens (tertiary/aromatic N) is 1. The molecule has 2 aliphatic rings. The molecule has 172 valence electrons. The van der Waals surface area contributed by atoms with Crippen LogP contribution in [-0.2, 0) is 14.3 Å². The number of para-hydroxylation sites is 1. The quantitative estimate of drug-likeness (QED) is 0.707. The molecule has 1 N–H and O–H groups in total. The zero-order valence-corrected chi connectivity index (χ0v) is 18.5. The summed E-state index contributed by atoms with van der Waals surface area (Å²) in [7, 11) is 0. The van der Waals surface area contributed by atoms with Gasteiger partial charge in [0.2, 0.25) is 6.29 Å². The Morgan fingerprint density at radius 2 is 2.00 bits per heavy atom. The number of piperidine rings is 1. The predicted octanol–water partition coefficient (Wildman–Crippen LogP) is 3.55. The van der Waals surface area contributed by atoms with Gasteiger partial charge in [-0.05, 0) is 57.2 Å². The largest absolute Gasteiger partial charge is 0.464 e. The third-order valence-corrected chi connectivity index (χ3v) is 6.33. The van der Waals surface area contributed by atoms with E-state index in [4.69, 9.17) is 13.9 Å². The number of hydrogen-bond acceptors (Lipinski definition) is 6. The first-order chi connectivity index (χ1) is 15.6. The van der Waals surface area contributed by atoms with E-state index in [9.17, 15) is 14.7 Å². The second kappa shape index (κ2) is 10.3. The van der Waals surface area contributed by atoms with Crippen molar-refractivity contribution in [3.05, 3.63) is 58.2 Å². The zero-order valence-electron chi connectivity index (χ0n) is 18.5. The van der Waals surface area contributed by atoms with E-state index in [1.54, 1.807) is 24.3 Å².